The molecule has 4 rings (SSSR count). The van der Waals surface area contributed by atoms with E-state index in [0.29, 0.717) is 35.4 Å². The Hall–Kier alpha value is -4.13. The van der Waals surface area contributed by atoms with Gasteiger partial charge < -0.3 is 14.6 Å². The molecule has 1 heterocycles. The predicted molar refractivity (Wildman–Crippen MR) is 127 cm³/mol. The van der Waals surface area contributed by atoms with Crippen LogP contribution in [0.25, 0.3) is 11.1 Å². The third-order valence-corrected chi connectivity index (χ3v) is 5.48. The molecule has 0 bridgehead atoms. The first-order valence-electron chi connectivity index (χ1n) is 10.8. The largest absolute Gasteiger partial charge is 0.420 e. The second kappa shape index (κ2) is 9.56. The molecular weight excluding hydrogens is 418 g/mol. The first-order chi connectivity index (χ1) is 15.9. The van der Waals surface area contributed by atoms with Crippen LogP contribution in [0.3, 0.4) is 0 Å². The van der Waals surface area contributed by atoms with Crippen LogP contribution >= 0.6 is 0 Å². The number of benzene rings is 3. The maximum Gasteiger partial charge on any atom is 0.420 e. The van der Waals surface area contributed by atoms with Gasteiger partial charge in [0.15, 0.2) is 5.58 Å². The number of hydrogen-bond acceptors (Lipinski definition) is 4. The van der Waals surface area contributed by atoms with Crippen molar-refractivity contribution in [2.24, 2.45) is 0 Å². The highest BCUT2D eigenvalue weighted by molar-refractivity contribution is 6.05. The molecular formula is C26H25N3O4. The number of likely N-dealkylation sites (N-methyl/N-ethyl adjacent to an activating group) is 1. The molecule has 0 saturated heterocycles. The Kier molecular flexibility index (Phi) is 6.40. The number of aryl methyl sites for hydroxylation is 1. The summed E-state index contributed by atoms with van der Waals surface area (Å²) in [7, 11) is 0. The van der Waals surface area contributed by atoms with E-state index < -0.39 is 5.76 Å². The van der Waals surface area contributed by atoms with Gasteiger partial charge in [-0.05, 0) is 49.7 Å². The van der Waals surface area contributed by atoms with Crippen LogP contribution in [0.4, 0.5) is 5.69 Å². The minimum absolute atomic E-state index is 0.171. The number of fused-ring (bicyclic) bond motifs is 1. The average Bonchev–Trinajstić information content (AvgIpc) is 3.13. The summed E-state index contributed by atoms with van der Waals surface area (Å²) in [6, 6.07) is 21.9. The molecule has 1 aromatic heterocycles. The van der Waals surface area contributed by atoms with Crippen molar-refractivity contribution in [1.82, 2.24) is 9.47 Å². The van der Waals surface area contributed by atoms with Crippen LogP contribution in [-0.2, 0) is 17.9 Å². The van der Waals surface area contributed by atoms with Gasteiger partial charge >= 0.3 is 5.76 Å². The minimum atomic E-state index is -0.634. The van der Waals surface area contributed by atoms with E-state index in [2.05, 4.69) is 5.32 Å². The summed E-state index contributed by atoms with van der Waals surface area (Å²) in [4.78, 5) is 39.9. The van der Waals surface area contributed by atoms with Crippen molar-refractivity contribution in [2.45, 2.75) is 26.9 Å². The van der Waals surface area contributed by atoms with Gasteiger partial charge in [-0.3, -0.25) is 14.2 Å². The van der Waals surface area contributed by atoms with E-state index >= 15 is 0 Å². The van der Waals surface area contributed by atoms with Crippen molar-refractivity contribution < 1.29 is 14.0 Å². The summed E-state index contributed by atoms with van der Waals surface area (Å²) in [6.07, 6.45) is 0. The molecule has 0 radical (unpaired) electrons. The van der Waals surface area contributed by atoms with E-state index in [-0.39, 0.29) is 18.4 Å². The second-order valence-corrected chi connectivity index (χ2v) is 7.85. The van der Waals surface area contributed by atoms with Gasteiger partial charge in [0.1, 0.15) is 6.54 Å². The third-order valence-electron chi connectivity index (χ3n) is 5.48. The van der Waals surface area contributed by atoms with E-state index in [4.69, 9.17) is 4.42 Å². The molecule has 2 amide bonds. The van der Waals surface area contributed by atoms with Crippen LogP contribution < -0.4 is 11.1 Å². The molecule has 0 unspecified atom stereocenters. The van der Waals surface area contributed by atoms with Crippen LogP contribution in [0.1, 0.15) is 28.4 Å². The predicted octanol–water partition coefficient (Wildman–Crippen LogP) is 4.20. The number of carbonyl (C=O) groups excluding carboxylic acids is 2. The lowest BCUT2D eigenvalue weighted by atomic mass is 10.1. The normalized spacial score (nSPS) is 10.8. The molecule has 0 aliphatic rings. The summed E-state index contributed by atoms with van der Waals surface area (Å²) in [6.45, 7) is 4.64. The first-order valence-corrected chi connectivity index (χ1v) is 10.8. The highest BCUT2D eigenvalue weighted by Gasteiger charge is 2.19. The zero-order chi connectivity index (χ0) is 23.4. The quantitative estimate of drug-likeness (QED) is 0.464. The Labute approximate surface area is 191 Å². The van der Waals surface area contributed by atoms with E-state index in [1.54, 1.807) is 23.1 Å². The summed E-state index contributed by atoms with van der Waals surface area (Å²) >= 11 is 0. The molecule has 0 saturated carbocycles. The maximum absolute atomic E-state index is 13.0. The summed E-state index contributed by atoms with van der Waals surface area (Å²) < 4.78 is 6.57. The second-order valence-electron chi connectivity index (χ2n) is 7.85. The number of anilines is 1. The van der Waals surface area contributed by atoms with Gasteiger partial charge in [0.25, 0.3) is 5.91 Å². The Bertz CT molecular complexity index is 1340. The fraction of sp³-hybridized carbons (Fsp3) is 0.192. The highest BCUT2D eigenvalue weighted by Crippen LogP contribution is 2.18. The molecule has 0 atom stereocenters. The molecule has 4 aromatic rings. The molecule has 1 N–H and O–H groups in total. The minimum Gasteiger partial charge on any atom is -0.408 e. The fourth-order valence-corrected chi connectivity index (χ4v) is 3.61. The van der Waals surface area contributed by atoms with E-state index in [1.165, 1.54) is 4.57 Å². The molecule has 168 valence electrons. The number of rotatable bonds is 7. The van der Waals surface area contributed by atoms with Crippen molar-refractivity contribution in [1.29, 1.82) is 0 Å². The van der Waals surface area contributed by atoms with Crippen LogP contribution in [-0.4, -0.2) is 27.8 Å². The van der Waals surface area contributed by atoms with Crippen molar-refractivity contribution in [3.05, 3.63) is 100 Å². The Morgan fingerprint density at radius 2 is 1.73 bits per heavy atom. The summed E-state index contributed by atoms with van der Waals surface area (Å²) in [5.41, 5.74) is 3.86. The van der Waals surface area contributed by atoms with Gasteiger partial charge in [-0.2, -0.15) is 0 Å². The number of amides is 2. The molecule has 7 heteroatoms. The standard InChI is InChI=1S/C26H25N3O4/c1-3-28(16-19-7-5-4-6-8-19)24(30)17-29-22-15-20(11-14-23(22)33-26(29)32)25(31)27-21-12-9-18(2)10-13-21/h4-15H,3,16-17H2,1-2H3,(H,27,31). The summed E-state index contributed by atoms with van der Waals surface area (Å²) in [5.74, 6) is -1.16. The molecule has 33 heavy (non-hydrogen) atoms. The van der Waals surface area contributed by atoms with Gasteiger partial charge in [0, 0.05) is 24.3 Å². The zero-order valence-electron chi connectivity index (χ0n) is 18.6. The number of oxazole rings is 1. The van der Waals surface area contributed by atoms with Crippen molar-refractivity contribution in [2.75, 3.05) is 11.9 Å². The fourth-order valence-electron chi connectivity index (χ4n) is 3.61. The number of nitrogens with one attached hydrogen (secondary N) is 1. The van der Waals surface area contributed by atoms with Gasteiger partial charge in [-0.15, -0.1) is 0 Å². The van der Waals surface area contributed by atoms with Crippen LogP contribution in [0, 0.1) is 6.92 Å². The van der Waals surface area contributed by atoms with Gasteiger partial charge in [-0.1, -0.05) is 48.0 Å². The smallest absolute Gasteiger partial charge is 0.408 e. The van der Waals surface area contributed by atoms with Crippen molar-refractivity contribution >= 4 is 28.6 Å². The topological polar surface area (TPSA) is 84.6 Å². The monoisotopic (exact) mass is 443 g/mol. The lowest BCUT2D eigenvalue weighted by Crippen LogP contribution is -2.35. The van der Waals surface area contributed by atoms with E-state index in [1.807, 2.05) is 68.4 Å². The first kappa shape index (κ1) is 22.1. The molecule has 3 aromatic carbocycles. The SMILES string of the molecule is CCN(Cc1ccccc1)C(=O)Cn1c(=O)oc2ccc(C(=O)Nc3ccc(C)cc3)cc21. The van der Waals surface area contributed by atoms with Crippen LogP contribution in [0.15, 0.2) is 82.0 Å². The summed E-state index contributed by atoms with van der Waals surface area (Å²) in [5, 5.41) is 2.84. The molecule has 0 aliphatic carbocycles. The number of hydrogen-bond donors (Lipinski definition) is 1. The average molecular weight is 444 g/mol. The van der Waals surface area contributed by atoms with Gasteiger partial charge in [-0.25, -0.2) is 4.79 Å². The lowest BCUT2D eigenvalue weighted by Gasteiger charge is -2.21. The van der Waals surface area contributed by atoms with Gasteiger partial charge in [0.05, 0.1) is 5.52 Å². The number of nitrogens with zero attached hydrogens (tertiary/aromatic N) is 2. The zero-order valence-corrected chi connectivity index (χ0v) is 18.6. The van der Waals surface area contributed by atoms with Crippen LogP contribution in [0.2, 0.25) is 0 Å². The van der Waals surface area contributed by atoms with E-state index in [0.717, 1.165) is 11.1 Å². The molecule has 0 fully saturated rings. The highest BCUT2D eigenvalue weighted by atomic mass is 16.4. The lowest BCUT2D eigenvalue weighted by molar-refractivity contribution is -0.132. The van der Waals surface area contributed by atoms with Crippen molar-refractivity contribution in [3.63, 3.8) is 0 Å². The Morgan fingerprint density at radius 3 is 2.42 bits per heavy atom. The number of carbonyl (C=O) groups is 2. The molecule has 0 aliphatic heterocycles. The van der Waals surface area contributed by atoms with Crippen LogP contribution in [0.5, 0.6) is 0 Å². The third kappa shape index (κ3) is 5.03. The van der Waals surface area contributed by atoms with Gasteiger partial charge in [0.2, 0.25) is 5.91 Å². The Balaban J connectivity index is 1.56. The maximum atomic E-state index is 13.0. The Morgan fingerprint density at radius 1 is 1.00 bits per heavy atom. The van der Waals surface area contributed by atoms with E-state index in [9.17, 15) is 14.4 Å². The molecule has 7 nitrogen and oxygen atoms in total. The molecule has 0 spiro atoms. The van der Waals surface area contributed by atoms with Crippen molar-refractivity contribution in [3.8, 4) is 0 Å². The number of aromatic nitrogens is 1.